The molecule has 0 aromatic heterocycles. The van der Waals surface area contributed by atoms with Gasteiger partial charge in [0, 0.05) is 32.4 Å². The average Bonchev–Trinajstić information content (AvgIpc) is 2.72. The number of carboxylic acids is 2. The van der Waals surface area contributed by atoms with Crippen molar-refractivity contribution >= 4 is 17.8 Å². The third-order valence-electron chi connectivity index (χ3n) is 4.76. The van der Waals surface area contributed by atoms with Crippen molar-refractivity contribution in [2.24, 2.45) is 0 Å². The number of benzene rings is 2. The number of carboxylic acid groups (broad SMARTS) is 2. The van der Waals surface area contributed by atoms with Crippen molar-refractivity contribution in [2.45, 2.75) is 44.2 Å². The predicted molar refractivity (Wildman–Crippen MR) is 112 cm³/mol. The van der Waals surface area contributed by atoms with E-state index in [1.165, 1.54) is 7.11 Å². The van der Waals surface area contributed by atoms with E-state index in [-0.39, 0.29) is 31.6 Å². The molecule has 3 N–H and O–H groups in total. The smallest absolute Gasteiger partial charge is 0.332 e. The van der Waals surface area contributed by atoms with Crippen LogP contribution in [-0.2, 0) is 25.5 Å². The fourth-order valence-corrected chi connectivity index (χ4v) is 3.20. The highest BCUT2D eigenvalue weighted by atomic mass is 16.5. The number of carbonyl (C=O) groups excluding carboxylic acids is 1. The van der Waals surface area contributed by atoms with Crippen molar-refractivity contribution in [3.05, 3.63) is 60.2 Å². The Morgan fingerprint density at radius 3 is 2.13 bits per heavy atom. The number of hydrogen-bond acceptors (Lipinski definition) is 4. The summed E-state index contributed by atoms with van der Waals surface area (Å²) in [5.74, 6) is -2.35. The van der Waals surface area contributed by atoms with Crippen LogP contribution in [0.15, 0.2) is 54.6 Å². The molecule has 7 heteroatoms. The van der Waals surface area contributed by atoms with E-state index in [1.807, 2.05) is 54.6 Å². The largest absolute Gasteiger partial charge is 0.481 e. The molecule has 0 heterocycles. The first-order valence-electron chi connectivity index (χ1n) is 9.80. The van der Waals surface area contributed by atoms with Gasteiger partial charge in [-0.05, 0) is 29.5 Å². The highest BCUT2D eigenvalue weighted by Gasteiger charge is 2.24. The minimum atomic E-state index is -1.10. The average molecular weight is 413 g/mol. The van der Waals surface area contributed by atoms with Crippen molar-refractivity contribution in [3.63, 3.8) is 0 Å². The maximum absolute atomic E-state index is 12.2. The summed E-state index contributed by atoms with van der Waals surface area (Å²) in [6, 6.07) is 17.4. The normalized spacial score (nSPS) is 12.7. The first kappa shape index (κ1) is 23.1. The van der Waals surface area contributed by atoms with Gasteiger partial charge in [-0.15, -0.1) is 0 Å². The molecule has 30 heavy (non-hydrogen) atoms. The summed E-state index contributed by atoms with van der Waals surface area (Å²) in [6.45, 7) is 0. The van der Waals surface area contributed by atoms with Crippen LogP contribution >= 0.6 is 0 Å². The van der Waals surface area contributed by atoms with Gasteiger partial charge in [-0.1, -0.05) is 54.6 Å². The van der Waals surface area contributed by atoms with Gasteiger partial charge in [-0.2, -0.15) is 0 Å². The highest BCUT2D eigenvalue weighted by Crippen LogP contribution is 2.20. The number of ether oxygens (including phenoxy) is 1. The van der Waals surface area contributed by atoms with Crippen LogP contribution in [0.4, 0.5) is 0 Å². The van der Waals surface area contributed by atoms with Crippen LogP contribution in [0, 0.1) is 0 Å². The summed E-state index contributed by atoms with van der Waals surface area (Å²) < 4.78 is 5.02. The van der Waals surface area contributed by atoms with Crippen LogP contribution in [0.25, 0.3) is 11.1 Å². The van der Waals surface area contributed by atoms with Gasteiger partial charge in [0.05, 0.1) is 0 Å². The molecule has 1 amide bonds. The standard InChI is InChI=1S/C23H27NO6/c1-30-20(23(28)29)15-19(24-21(25)8-5-9-22(26)27)14-16-10-12-18(13-11-16)17-6-3-2-4-7-17/h2-4,6-7,10-13,19-20H,5,8-9,14-15H2,1H3,(H,24,25)(H,26,27)(H,28,29)/t19-,20-/m1/s1. The second-order valence-electron chi connectivity index (χ2n) is 7.08. The van der Waals surface area contributed by atoms with Crippen LogP contribution in [0.3, 0.4) is 0 Å². The molecule has 0 saturated carbocycles. The van der Waals surface area contributed by atoms with Gasteiger partial charge >= 0.3 is 11.9 Å². The molecule has 2 aromatic carbocycles. The quantitative estimate of drug-likeness (QED) is 0.493. The van der Waals surface area contributed by atoms with Gasteiger partial charge in [-0.25, -0.2) is 4.79 Å². The molecule has 2 atom stereocenters. The Morgan fingerprint density at radius 2 is 1.57 bits per heavy atom. The molecule has 7 nitrogen and oxygen atoms in total. The lowest BCUT2D eigenvalue weighted by Crippen LogP contribution is -2.41. The molecule has 2 rings (SSSR count). The number of nitrogens with one attached hydrogen (secondary N) is 1. The number of aliphatic carboxylic acids is 2. The fourth-order valence-electron chi connectivity index (χ4n) is 3.20. The Kier molecular flexibility index (Phi) is 9.03. The van der Waals surface area contributed by atoms with Crippen LogP contribution in [0.5, 0.6) is 0 Å². The maximum atomic E-state index is 12.2. The summed E-state index contributed by atoms with van der Waals surface area (Å²) >= 11 is 0. The lowest BCUT2D eigenvalue weighted by molar-refractivity contribution is -0.149. The lowest BCUT2D eigenvalue weighted by atomic mass is 9.97. The van der Waals surface area contributed by atoms with E-state index in [0.29, 0.717) is 6.42 Å². The van der Waals surface area contributed by atoms with E-state index in [2.05, 4.69) is 5.32 Å². The second-order valence-corrected chi connectivity index (χ2v) is 7.08. The summed E-state index contributed by atoms with van der Waals surface area (Å²) in [7, 11) is 1.32. The van der Waals surface area contributed by atoms with Gasteiger partial charge in [0.1, 0.15) is 0 Å². The molecule has 2 aromatic rings. The fraction of sp³-hybridized carbons (Fsp3) is 0.348. The van der Waals surface area contributed by atoms with Crippen molar-refractivity contribution < 1.29 is 29.3 Å². The second kappa shape index (κ2) is 11.7. The lowest BCUT2D eigenvalue weighted by Gasteiger charge is -2.22. The van der Waals surface area contributed by atoms with Crippen molar-refractivity contribution in [1.82, 2.24) is 5.32 Å². The summed E-state index contributed by atoms with van der Waals surface area (Å²) in [6.07, 6.45) is -0.288. The maximum Gasteiger partial charge on any atom is 0.332 e. The predicted octanol–water partition coefficient (Wildman–Crippen LogP) is 3.13. The van der Waals surface area contributed by atoms with Gasteiger partial charge in [-0.3, -0.25) is 9.59 Å². The third-order valence-corrected chi connectivity index (χ3v) is 4.76. The molecule has 0 bridgehead atoms. The number of hydrogen-bond donors (Lipinski definition) is 3. The first-order chi connectivity index (χ1) is 14.4. The van der Waals surface area contributed by atoms with E-state index in [0.717, 1.165) is 16.7 Å². The zero-order chi connectivity index (χ0) is 21.9. The molecule has 0 aliphatic heterocycles. The molecule has 0 aliphatic rings. The molecule has 160 valence electrons. The first-order valence-corrected chi connectivity index (χ1v) is 9.80. The topological polar surface area (TPSA) is 113 Å². The molecule has 0 unspecified atom stereocenters. The van der Waals surface area contributed by atoms with Crippen molar-refractivity contribution in [3.8, 4) is 11.1 Å². The van der Waals surface area contributed by atoms with Gasteiger partial charge in [0.2, 0.25) is 5.91 Å². The van der Waals surface area contributed by atoms with E-state index in [4.69, 9.17) is 9.84 Å². The van der Waals surface area contributed by atoms with Gasteiger partial charge < -0.3 is 20.3 Å². The minimum absolute atomic E-state index is 0.0699. The summed E-state index contributed by atoms with van der Waals surface area (Å²) in [5.41, 5.74) is 3.11. The molecule has 0 aliphatic carbocycles. The molecular weight excluding hydrogens is 386 g/mol. The van der Waals surface area contributed by atoms with E-state index in [9.17, 15) is 19.5 Å². The minimum Gasteiger partial charge on any atom is -0.481 e. The van der Waals surface area contributed by atoms with Crippen LogP contribution in [0.1, 0.15) is 31.2 Å². The number of methoxy groups -OCH3 is 1. The SMILES string of the molecule is CO[C@H](C[C@@H](Cc1ccc(-c2ccccc2)cc1)NC(=O)CCCC(=O)O)C(=O)O. The molecule has 0 fully saturated rings. The van der Waals surface area contributed by atoms with Crippen molar-refractivity contribution in [2.75, 3.05) is 7.11 Å². The highest BCUT2D eigenvalue weighted by molar-refractivity contribution is 5.77. The molecular formula is C23H27NO6. The number of rotatable bonds is 12. The molecule has 0 spiro atoms. The van der Waals surface area contributed by atoms with Gasteiger partial charge in [0.25, 0.3) is 0 Å². The number of carbonyl (C=O) groups is 3. The van der Waals surface area contributed by atoms with Crippen molar-refractivity contribution in [1.29, 1.82) is 0 Å². The monoisotopic (exact) mass is 413 g/mol. The Morgan fingerprint density at radius 1 is 0.933 bits per heavy atom. The Balaban J connectivity index is 2.06. The molecule has 0 radical (unpaired) electrons. The molecule has 0 saturated heterocycles. The van der Waals surface area contributed by atoms with E-state index >= 15 is 0 Å². The van der Waals surface area contributed by atoms with Crippen LogP contribution in [0.2, 0.25) is 0 Å². The Labute approximate surface area is 175 Å². The van der Waals surface area contributed by atoms with Crippen LogP contribution in [-0.4, -0.2) is 47.3 Å². The number of amides is 1. The summed E-state index contributed by atoms with van der Waals surface area (Å²) in [4.78, 5) is 34.2. The Bertz CT molecular complexity index is 835. The zero-order valence-electron chi connectivity index (χ0n) is 16.9. The Hall–Kier alpha value is -3.19. The third kappa shape index (κ3) is 7.67. The summed E-state index contributed by atoms with van der Waals surface area (Å²) in [5, 5.41) is 20.8. The van der Waals surface area contributed by atoms with E-state index in [1.54, 1.807) is 0 Å². The zero-order valence-corrected chi connectivity index (χ0v) is 16.9. The van der Waals surface area contributed by atoms with Gasteiger partial charge in [0.15, 0.2) is 6.10 Å². The van der Waals surface area contributed by atoms with E-state index < -0.39 is 24.1 Å². The van der Waals surface area contributed by atoms with Crippen LogP contribution < -0.4 is 5.32 Å².